The van der Waals surface area contributed by atoms with Crippen molar-refractivity contribution in [3.05, 3.63) is 82.0 Å². The van der Waals surface area contributed by atoms with Crippen molar-refractivity contribution in [2.24, 2.45) is 0 Å². The van der Waals surface area contributed by atoms with Gasteiger partial charge in [0.25, 0.3) is 0 Å². The maximum atomic E-state index is 13.6. The fraction of sp³-hybridized carbons (Fsp3) is 0.261. The zero-order valence-electron chi connectivity index (χ0n) is 17.3. The number of nitrogens with zero attached hydrogens (tertiary/aromatic N) is 1. The Morgan fingerprint density at radius 2 is 1.81 bits per heavy atom. The molecule has 0 spiro atoms. The average Bonchev–Trinajstić information content (AvgIpc) is 3.24. The third-order valence-electron chi connectivity index (χ3n) is 5.69. The number of methoxy groups -OCH3 is 1. The standard InChI is InChI=1S/C23H23NO6S2/c1-30-16-7-9-17(10-8-16)32(28,29)24-14-20(25)22-18(11-12-31-22)19(21(24)23(26)27)13-15-5-3-2-4-6-15/h2-12,19-21,25H,13-14H2,1H3,(H,26,27). The number of hydrogen-bond acceptors (Lipinski definition) is 6. The number of carboxylic acids is 1. The number of aliphatic carboxylic acids is 1. The number of sulfonamides is 1. The molecule has 0 saturated carbocycles. The first-order chi connectivity index (χ1) is 15.3. The smallest absolute Gasteiger partial charge is 0.322 e. The lowest BCUT2D eigenvalue weighted by Crippen LogP contribution is -2.49. The van der Waals surface area contributed by atoms with Crippen molar-refractivity contribution < 1.29 is 28.2 Å². The highest BCUT2D eigenvalue weighted by molar-refractivity contribution is 7.89. The SMILES string of the molecule is COc1ccc(S(=O)(=O)N2CC(O)c3sccc3C(Cc3ccccc3)C2C(=O)O)cc1. The lowest BCUT2D eigenvalue weighted by atomic mass is 9.86. The van der Waals surface area contributed by atoms with Crippen LogP contribution in [-0.4, -0.2) is 48.6 Å². The van der Waals surface area contributed by atoms with Crippen LogP contribution in [0.3, 0.4) is 0 Å². The number of β-amino-alcohol motifs (C(OH)–C–C–N with tert-alkyl or cyclic N) is 1. The number of carboxylic acid groups (broad SMARTS) is 1. The summed E-state index contributed by atoms with van der Waals surface area (Å²) in [6.45, 7) is -0.343. The Morgan fingerprint density at radius 3 is 2.44 bits per heavy atom. The van der Waals surface area contributed by atoms with Crippen molar-refractivity contribution in [1.82, 2.24) is 4.31 Å². The molecule has 7 nitrogen and oxygen atoms in total. The molecule has 3 aromatic rings. The molecule has 0 aliphatic carbocycles. The van der Waals surface area contributed by atoms with Gasteiger partial charge in [0.2, 0.25) is 10.0 Å². The molecule has 0 saturated heterocycles. The van der Waals surface area contributed by atoms with Crippen LogP contribution in [0.15, 0.2) is 70.9 Å². The minimum atomic E-state index is -4.22. The summed E-state index contributed by atoms with van der Waals surface area (Å²) in [7, 11) is -2.74. The Kier molecular flexibility index (Phi) is 6.34. The van der Waals surface area contributed by atoms with E-state index in [0.29, 0.717) is 22.6 Å². The van der Waals surface area contributed by atoms with Crippen molar-refractivity contribution in [1.29, 1.82) is 0 Å². The summed E-state index contributed by atoms with van der Waals surface area (Å²) >= 11 is 1.31. The van der Waals surface area contributed by atoms with Crippen LogP contribution in [-0.2, 0) is 21.2 Å². The fourth-order valence-corrected chi connectivity index (χ4v) is 6.73. The largest absolute Gasteiger partial charge is 0.497 e. The van der Waals surface area contributed by atoms with Gasteiger partial charge in [-0.25, -0.2) is 8.42 Å². The summed E-state index contributed by atoms with van der Waals surface area (Å²) in [5, 5.41) is 22.9. The second-order valence-corrected chi connectivity index (χ2v) is 10.4. The van der Waals surface area contributed by atoms with Gasteiger partial charge in [-0.2, -0.15) is 4.31 Å². The second kappa shape index (κ2) is 9.03. The van der Waals surface area contributed by atoms with E-state index >= 15 is 0 Å². The average molecular weight is 474 g/mol. The summed E-state index contributed by atoms with van der Waals surface area (Å²) in [5.41, 5.74) is 1.56. The summed E-state index contributed by atoms with van der Waals surface area (Å²) in [6, 6.07) is 15.5. The molecule has 9 heteroatoms. The van der Waals surface area contributed by atoms with Crippen LogP contribution < -0.4 is 4.74 Å². The Morgan fingerprint density at radius 1 is 1.12 bits per heavy atom. The number of ether oxygens (including phenoxy) is 1. The van der Waals surface area contributed by atoms with Gasteiger partial charge in [0.05, 0.1) is 12.0 Å². The highest BCUT2D eigenvalue weighted by atomic mass is 32.2. The van der Waals surface area contributed by atoms with Gasteiger partial charge in [-0.1, -0.05) is 30.3 Å². The Bertz CT molecular complexity index is 1190. The number of aliphatic hydroxyl groups is 1. The molecule has 2 N–H and O–H groups in total. The van der Waals surface area contributed by atoms with Crippen molar-refractivity contribution in [2.75, 3.05) is 13.7 Å². The number of thiophene rings is 1. The first kappa shape index (κ1) is 22.5. The highest BCUT2D eigenvalue weighted by Gasteiger charge is 2.46. The summed E-state index contributed by atoms with van der Waals surface area (Å²) < 4.78 is 33.2. The van der Waals surface area contributed by atoms with Crippen LogP contribution >= 0.6 is 11.3 Å². The Hall–Kier alpha value is -2.72. The molecule has 0 radical (unpaired) electrons. The predicted octanol–water partition coefficient (Wildman–Crippen LogP) is 3.27. The molecule has 168 valence electrons. The molecule has 1 aromatic heterocycles. The number of carbonyl (C=O) groups is 1. The van der Waals surface area contributed by atoms with E-state index in [1.165, 1.54) is 42.7 Å². The molecule has 0 fully saturated rings. The van der Waals surface area contributed by atoms with Gasteiger partial charge in [-0.05, 0) is 53.3 Å². The molecule has 32 heavy (non-hydrogen) atoms. The van der Waals surface area contributed by atoms with Gasteiger partial charge in [0.1, 0.15) is 17.9 Å². The molecule has 0 amide bonds. The molecule has 1 aliphatic rings. The minimum absolute atomic E-state index is 0.0551. The molecule has 4 rings (SSSR count). The summed E-state index contributed by atoms with van der Waals surface area (Å²) in [4.78, 5) is 13.1. The maximum absolute atomic E-state index is 13.6. The predicted molar refractivity (Wildman–Crippen MR) is 120 cm³/mol. The third kappa shape index (κ3) is 4.16. The number of hydrogen-bond donors (Lipinski definition) is 2. The van der Waals surface area contributed by atoms with Crippen LogP contribution in [0.25, 0.3) is 0 Å². The first-order valence-electron chi connectivity index (χ1n) is 10.0. The van der Waals surface area contributed by atoms with Gasteiger partial charge in [-0.15, -0.1) is 11.3 Å². The molecular formula is C23H23NO6S2. The van der Waals surface area contributed by atoms with Gasteiger partial charge in [0, 0.05) is 17.3 Å². The Balaban J connectivity index is 1.83. The van der Waals surface area contributed by atoms with Crippen LogP contribution in [0.5, 0.6) is 5.75 Å². The Labute approximate surface area is 190 Å². The van der Waals surface area contributed by atoms with Crippen LogP contribution in [0.2, 0.25) is 0 Å². The van der Waals surface area contributed by atoms with Crippen molar-refractivity contribution in [3.8, 4) is 5.75 Å². The zero-order valence-corrected chi connectivity index (χ0v) is 18.9. The first-order valence-corrected chi connectivity index (χ1v) is 12.3. The van der Waals surface area contributed by atoms with E-state index in [4.69, 9.17) is 4.74 Å². The lowest BCUT2D eigenvalue weighted by Gasteiger charge is -2.32. The van der Waals surface area contributed by atoms with Crippen LogP contribution in [0.1, 0.15) is 28.0 Å². The van der Waals surface area contributed by atoms with Crippen molar-refractivity contribution >= 4 is 27.3 Å². The zero-order chi connectivity index (χ0) is 22.9. The molecule has 0 bridgehead atoms. The van der Waals surface area contributed by atoms with Gasteiger partial charge < -0.3 is 14.9 Å². The molecule has 3 unspecified atom stereocenters. The molecule has 2 heterocycles. The van der Waals surface area contributed by atoms with Gasteiger partial charge in [-0.3, -0.25) is 4.79 Å². The van der Waals surface area contributed by atoms with Crippen molar-refractivity contribution in [3.63, 3.8) is 0 Å². The van der Waals surface area contributed by atoms with Gasteiger partial charge in [0.15, 0.2) is 0 Å². The van der Waals surface area contributed by atoms with Gasteiger partial charge >= 0.3 is 5.97 Å². The number of fused-ring (bicyclic) bond motifs is 1. The topological polar surface area (TPSA) is 104 Å². The van der Waals surface area contributed by atoms with Crippen molar-refractivity contribution in [2.45, 2.75) is 29.4 Å². The second-order valence-electron chi connectivity index (χ2n) is 7.59. The summed E-state index contributed by atoms with van der Waals surface area (Å²) in [5.74, 6) is -1.44. The van der Waals surface area contributed by atoms with E-state index in [9.17, 15) is 23.4 Å². The number of rotatable bonds is 6. The quantitative estimate of drug-likeness (QED) is 0.569. The molecule has 2 aromatic carbocycles. The minimum Gasteiger partial charge on any atom is -0.497 e. The molecule has 3 atom stereocenters. The number of aliphatic hydroxyl groups excluding tert-OH is 1. The van der Waals surface area contributed by atoms with E-state index in [-0.39, 0.29) is 11.4 Å². The monoisotopic (exact) mass is 473 g/mol. The van der Waals surface area contributed by atoms with E-state index in [1.54, 1.807) is 11.4 Å². The van der Waals surface area contributed by atoms with E-state index in [0.717, 1.165) is 9.87 Å². The molecular weight excluding hydrogens is 450 g/mol. The number of benzene rings is 2. The van der Waals surface area contributed by atoms with E-state index in [1.807, 2.05) is 30.3 Å². The normalized spacial score (nSPS) is 21.5. The van der Waals surface area contributed by atoms with Crippen LogP contribution in [0, 0.1) is 0 Å². The maximum Gasteiger partial charge on any atom is 0.322 e. The molecule has 1 aliphatic heterocycles. The fourth-order valence-electron chi connectivity index (χ4n) is 4.16. The third-order valence-corrected chi connectivity index (χ3v) is 8.59. The van der Waals surface area contributed by atoms with E-state index in [2.05, 4.69) is 0 Å². The van der Waals surface area contributed by atoms with Crippen LogP contribution in [0.4, 0.5) is 0 Å². The highest BCUT2D eigenvalue weighted by Crippen LogP contribution is 2.41. The van der Waals surface area contributed by atoms with E-state index < -0.39 is 34.1 Å². The lowest BCUT2D eigenvalue weighted by molar-refractivity contribution is -0.142. The summed E-state index contributed by atoms with van der Waals surface area (Å²) in [6.07, 6.45) is -0.802.